The average molecular weight is 262 g/mol. The molecule has 0 saturated heterocycles. The van der Waals surface area contributed by atoms with Gasteiger partial charge in [-0.05, 0) is 31.0 Å². The first-order valence-electron chi connectivity index (χ1n) is 5.72. The zero-order valence-electron chi connectivity index (χ0n) is 10.1. The number of ketones is 1. The van der Waals surface area contributed by atoms with Crippen LogP contribution in [0.25, 0.3) is 0 Å². The summed E-state index contributed by atoms with van der Waals surface area (Å²) in [6.45, 7) is 3.50. The van der Waals surface area contributed by atoms with Crippen LogP contribution in [0.15, 0.2) is 18.2 Å². The van der Waals surface area contributed by atoms with E-state index < -0.39 is 34.8 Å². The second-order valence-electron chi connectivity index (χ2n) is 4.07. The molecule has 0 amide bonds. The lowest BCUT2D eigenvalue weighted by molar-refractivity contribution is -0.137. The molecule has 0 aliphatic heterocycles. The van der Waals surface area contributed by atoms with Crippen LogP contribution in [0.2, 0.25) is 0 Å². The molecule has 1 rings (SSSR count). The van der Waals surface area contributed by atoms with Crippen LogP contribution >= 0.6 is 0 Å². The molecule has 0 fully saturated rings. The fraction of sp³-hybridized carbons (Fsp3) is 0.462. The highest BCUT2D eigenvalue weighted by Crippen LogP contribution is 2.31. The van der Waals surface area contributed by atoms with Gasteiger partial charge in [0.1, 0.15) is 5.82 Å². The molecule has 1 aromatic carbocycles. The molecule has 18 heavy (non-hydrogen) atoms. The Bertz CT molecular complexity index is 433. The molecule has 0 radical (unpaired) electrons. The first-order valence-corrected chi connectivity index (χ1v) is 5.72. The predicted molar refractivity (Wildman–Crippen MR) is 59.8 cm³/mol. The van der Waals surface area contributed by atoms with Crippen LogP contribution in [-0.2, 0) is 6.18 Å². The first-order chi connectivity index (χ1) is 8.31. The standard InChI is InChI=1S/C13H14F4O/c1-3-8(4-2)12(18)10-7-9(13(15,16)17)5-6-11(10)14/h5-8H,3-4H2,1-2H3. The number of hydrogen-bond acceptors (Lipinski definition) is 1. The third-order valence-corrected chi connectivity index (χ3v) is 2.92. The number of hydrogen-bond donors (Lipinski definition) is 0. The van der Waals surface area contributed by atoms with Crippen molar-refractivity contribution >= 4 is 5.78 Å². The second kappa shape index (κ2) is 5.50. The van der Waals surface area contributed by atoms with E-state index in [1.807, 2.05) is 0 Å². The lowest BCUT2D eigenvalue weighted by Gasteiger charge is -2.13. The number of Topliss-reactive ketones (excluding diaryl/α,β-unsaturated/α-hetero) is 1. The van der Waals surface area contributed by atoms with E-state index >= 15 is 0 Å². The van der Waals surface area contributed by atoms with Gasteiger partial charge in [-0.25, -0.2) is 4.39 Å². The monoisotopic (exact) mass is 262 g/mol. The van der Waals surface area contributed by atoms with Gasteiger partial charge >= 0.3 is 6.18 Å². The molecule has 1 aromatic rings. The van der Waals surface area contributed by atoms with E-state index in [2.05, 4.69) is 0 Å². The van der Waals surface area contributed by atoms with Crippen molar-refractivity contribution in [1.82, 2.24) is 0 Å². The zero-order chi connectivity index (χ0) is 13.9. The maximum atomic E-state index is 13.5. The van der Waals surface area contributed by atoms with Gasteiger partial charge in [-0.15, -0.1) is 0 Å². The Hall–Kier alpha value is -1.39. The van der Waals surface area contributed by atoms with E-state index in [4.69, 9.17) is 0 Å². The lowest BCUT2D eigenvalue weighted by atomic mass is 9.92. The SMILES string of the molecule is CCC(CC)C(=O)c1cc(C(F)(F)F)ccc1F. The van der Waals surface area contributed by atoms with Gasteiger partial charge in [0.2, 0.25) is 0 Å². The maximum Gasteiger partial charge on any atom is 0.416 e. The number of halogens is 4. The normalized spacial score (nSPS) is 11.9. The highest BCUT2D eigenvalue weighted by Gasteiger charge is 2.32. The Balaban J connectivity index is 3.19. The summed E-state index contributed by atoms with van der Waals surface area (Å²) in [4.78, 5) is 11.9. The van der Waals surface area contributed by atoms with Crippen LogP contribution in [0.4, 0.5) is 17.6 Å². The Morgan fingerprint density at radius 2 is 1.78 bits per heavy atom. The van der Waals surface area contributed by atoms with Gasteiger partial charge < -0.3 is 0 Å². The summed E-state index contributed by atoms with van der Waals surface area (Å²) in [5, 5.41) is 0. The van der Waals surface area contributed by atoms with Crippen LogP contribution in [0.1, 0.15) is 42.6 Å². The van der Waals surface area contributed by atoms with Crippen LogP contribution in [0.5, 0.6) is 0 Å². The summed E-state index contributed by atoms with van der Waals surface area (Å²) >= 11 is 0. The minimum Gasteiger partial charge on any atom is -0.294 e. The zero-order valence-corrected chi connectivity index (χ0v) is 10.1. The predicted octanol–water partition coefficient (Wildman–Crippen LogP) is 4.46. The third-order valence-electron chi connectivity index (χ3n) is 2.92. The maximum absolute atomic E-state index is 13.5. The van der Waals surface area contributed by atoms with Crippen LogP contribution < -0.4 is 0 Å². The molecule has 0 aliphatic rings. The van der Waals surface area contributed by atoms with Crippen molar-refractivity contribution in [3.63, 3.8) is 0 Å². The number of alkyl halides is 3. The summed E-state index contributed by atoms with van der Waals surface area (Å²) in [7, 11) is 0. The Morgan fingerprint density at radius 3 is 2.22 bits per heavy atom. The van der Waals surface area contributed by atoms with E-state index in [1.165, 1.54) is 0 Å². The topological polar surface area (TPSA) is 17.1 Å². The molecule has 100 valence electrons. The van der Waals surface area contributed by atoms with E-state index in [0.29, 0.717) is 31.0 Å². The number of carbonyl (C=O) groups excluding carboxylic acids is 1. The number of carbonyl (C=O) groups is 1. The van der Waals surface area contributed by atoms with Crippen molar-refractivity contribution in [3.8, 4) is 0 Å². The molecule has 0 unspecified atom stereocenters. The second-order valence-corrected chi connectivity index (χ2v) is 4.07. The Kier molecular flexibility index (Phi) is 4.48. The molecule has 0 atom stereocenters. The van der Waals surface area contributed by atoms with Crippen LogP contribution in [0.3, 0.4) is 0 Å². The van der Waals surface area contributed by atoms with Gasteiger partial charge in [0.05, 0.1) is 11.1 Å². The third kappa shape index (κ3) is 3.09. The molecule has 1 nitrogen and oxygen atoms in total. The lowest BCUT2D eigenvalue weighted by Crippen LogP contribution is -2.16. The molecule has 0 heterocycles. The van der Waals surface area contributed by atoms with Crippen molar-refractivity contribution in [3.05, 3.63) is 35.1 Å². The number of rotatable bonds is 4. The van der Waals surface area contributed by atoms with Gasteiger partial charge in [-0.2, -0.15) is 13.2 Å². The minimum absolute atomic E-state index is 0.442. The van der Waals surface area contributed by atoms with E-state index in [1.54, 1.807) is 13.8 Å². The van der Waals surface area contributed by atoms with Crippen molar-refractivity contribution in [2.24, 2.45) is 5.92 Å². The molecule has 0 aliphatic carbocycles. The van der Waals surface area contributed by atoms with Crippen LogP contribution in [-0.4, -0.2) is 5.78 Å². The summed E-state index contributed by atoms with van der Waals surface area (Å²) < 4.78 is 50.9. The molecule has 0 N–H and O–H groups in total. The number of benzene rings is 1. The van der Waals surface area contributed by atoms with Gasteiger partial charge in [0.15, 0.2) is 5.78 Å². The van der Waals surface area contributed by atoms with E-state index in [0.717, 1.165) is 0 Å². The molecule has 0 spiro atoms. The summed E-state index contributed by atoms with van der Waals surface area (Å²) in [6, 6.07) is 1.92. The van der Waals surface area contributed by atoms with Gasteiger partial charge in [-0.3, -0.25) is 4.79 Å². The Morgan fingerprint density at radius 1 is 1.22 bits per heavy atom. The van der Waals surface area contributed by atoms with Gasteiger partial charge in [-0.1, -0.05) is 13.8 Å². The fourth-order valence-corrected chi connectivity index (χ4v) is 1.77. The van der Waals surface area contributed by atoms with Crippen molar-refractivity contribution in [2.45, 2.75) is 32.9 Å². The van der Waals surface area contributed by atoms with E-state index in [9.17, 15) is 22.4 Å². The summed E-state index contributed by atoms with van der Waals surface area (Å²) in [5.74, 6) is -1.91. The molecular formula is C13H14F4O. The largest absolute Gasteiger partial charge is 0.416 e. The van der Waals surface area contributed by atoms with Gasteiger partial charge in [0.25, 0.3) is 0 Å². The molecule has 0 bridgehead atoms. The fourth-order valence-electron chi connectivity index (χ4n) is 1.77. The van der Waals surface area contributed by atoms with E-state index in [-0.39, 0.29) is 0 Å². The smallest absolute Gasteiger partial charge is 0.294 e. The molecule has 5 heteroatoms. The average Bonchev–Trinajstić information content (AvgIpc) is 2.29. The quantitative estimate of drug-likeness (QED) is 0.578. The molecular weight excluding hydrogens is 248 g/mol. The minimum atomic E-state index is -4.57. The first kappa shape index (κ1) is 14.7. The summed E-state index contributed by atoms with van der Waals surface area (Å²) in [6.07, 6.45) is -3.62. The van der Waals surface area contributed by atoms with Crippen molar-refractivity contribution in [2.75, 3.05) is 0 Å². The summed E-state index contributed by atoms with van der Waals surface area (Å²) in [5.41, 5.74) is -1.48. The van der Waals surface area contributed by atoms with Crippen molar-refractivity contribution in [1.29, 1.82) is 0 Å². The highest BCUT2D eigenvalue weighted by atomic mass is 19.4. The molecule has 0 aromatic heterocycles. The highest BCUT2D eigenvalue weighted by molar-refractivity contribution is 5.98. The molecule has 0 saturated carbocycles. The Labute approximate surface area is 103 Å². The van der Waals surface area contributed by atoms with Crippen molar-refractivity contribution < 1.29 is 22.4 Å². The van der Waals surface area contributed by atoms with Gasteiger partial charge in [0, 0.05) is 5.92 Å². The van der Waals surface area contributed by atoms with Crippen LogP contribution in [0, 0.1) is 11.7 Å².